The second-order valence-electron chi connectivity index (χ2n) is 3.98. The molecule has 2 rings (SSSR count). The molecular formula is C13H14N2O3S. The van der Waals surface area contributed by atoms with Crippen LogP contribution in [0.15, 0.2) is 30.5 Å². The molecule has 1 heterocycles. The molecule has 0 saturated carbocycles. The van der Waals surface area contributed by atoms with E-state index in [-0.39, 0.29) is 4.88 Å². The number of hydrogen-bond donors (Lipinski definition) is 1. The van der Waals surface area contributed by atoms with Crippen molar-refractivity contribution in [2.75, 3.05) is 19.1 Å². The molecule has 0 fully saturated rings. The Morgan fingerprint density at radius 1 is 1.47 bits per heavy atom. The van der Waals surface area contributed by atoms with Crippen molar-refractivity contribution in [3.8, 4) is 5.75 Å². The van der Waals surface area contributed by atoms with Crippen LogP contribution in [0, 0.1) is 0 Å². The number of ether oxygens (including phenoxy) is 1. The number of para-hydroxylation sites is 1. The maximum absolute atomic E-state index is 10.8. The summed E-state index contributed by atoms with van der Waals surface area (Å²) in [4.78, 5) is 17.1. The minimum atomic E-state index is -0.950. The summed E-state index contributed by atoms with van der Waals surface area (Å²) in [5.41, 5.74) is 1.03. The van der Waals surface area contributed by atoms with Gasteiger partial charge >= 0.3 is 5.97 Å². The maximum Gasteiger partial charge on any atom is 0.347 e. The molecule has 0 saturated heterocycles. The van der Waals surface area contributed by atoms with E-state index >= 15 is 0 Å². The number of aromatic carboxylic acids is 1. The van der Waals surface area contributed by atoms with Gasteiger partial charge in [-0.05, 0) is 6.07 Å². The maximum atomic E-state index is 10.8. The van der Waals surface area contributed by atoms with Crippen LogP contribution in [-0.4, -0.2) is 30.2 Å². The van der Waals surface area contributed by atoms with Gasteiger partial charge in [0.15, 0.2) is 5.13 Å². The van der Waals surface area contributed by atoms with Crippen molar-refractivity contribution in [3.63, 3.8) is 0 Å². The van der Waals surface area contributed by atoms with Crippen LogP contribution in [-0.2, 0) is 6.54 Å². The molecular weight excluding hydrogens is 264 g/mol. The second kappa shape index (κ2) is 5.71. The average Bonchev–Trinajstić information content (AvgIpc) is 2.89. The topological polar surface area (TPSA) is 62.7 Å². The lowest BCUT2D eigenvalue weighted by molar-refractivity contribution is 0.0702. The molecule has 0 unspecified atom stereocenters. The van der Waals surface area contributed by atoms with Gasteiger partial charge in [0.25, 0.3) is 0 Å². The van der Waals surface area contributed by atoms with Crippen molar-refractivity contribution in [1.82, 2.24) is 4.98 Å². The van der Waals surface area contributed by atoms with Crippen LogP contribution < -0.4 is 9.64 Å². The molecule has 0 atom stereocenters. The summed E-state index contributed by atoms with van der Waals surface area (Å²) in [6, 6.07) is 7.72. The van der Waals surface area contributed by atoms with E-state index in [9.17, 15) is 4.79 Å². The predicted molar refractivity (Wildman–Crippen MR) is 74.2 cm³/mol. The number of anilines is 1. The number of carboxylic acid groups (broad SMARTS) is 1. The van der Waals surface area contributed by atoms with Crippen LogP contribution in [0.5, 0.6) is 5.75 Å². The first-order valence-corrected chi connectivity index (χ1v) is 6.45. The van der Waals surface area contributed by atoms with Gasteiger partial charge in [-0.1, -0.05) is 29.5 Å². The third-order valence-electron chi connectivity index (χ3n) is 2.63. The van der Waals surface area contributed by atoms with Crippen molar-refractivity contribution in [1.29, 1.82) is 0 Å². The third kappa shape index (κ3) is 3.03. The Morgan fingerprint density at radius 3 is 2.84 bits per heavy atom. The molecule has 1 aromatic carbocycles. The van der Waals surface area contributed by atoms with E-state index in [0.29, 0.717) is 11.7 Å². The Balaban J connectivity index is 2.15. The van der Waals surface area contributed by atoms with E-state index in [1.54, 1.807) is 7.11 Å². The van der Waals surface area contributed by atoms with Gasteiger partial charge in [-0.15, -0.1) is 0 Å². The number of nitrogens with zero attached hydrogens (tertiary/aromatic N) is 2. The quantitative estimate of drug-likeness (QED) is 0.910. The minimum Gasteiger partial charge on any atom is -0.496 e. The Kier molecular flexibility index (Phi) is 4.01. The molecule has 0 aliphatic heterocycles. The SMILES string of the molecule is COc1ccccc1CN(C)c1ncc(C(=O)O)s1. The molecule has 100 valence electrons. The minimum absolute atomic E-state index is 0.238. The van der Waals surface area contributed by atoms with Crippen molar-refractivity contribution in [3.05, 3.63) is 40.9 Å². The van der Waals surface area contributed by atoms with Crippen LogP contribution in [0.4, 0.5) is 5.13 Å². The molecule has 0 spiro atoms. The molecule has 19 heavy (non-hydrogen) atoms. The van der Waals surface area contributed by atoms with Crippen LogP contribution >= 0.6 is 11.3 Å². The summed E-state index contributed by atoms with van der Waals surface area (Å²) in [6.07, 6.45) is 1.38. The Bertz CT molecular complexity index is 583. The summed E-state index contributed by atoms with van der Waals surface area (Å²) >= 11 is 1.16. The molecule has 0 radical (unpaired) electrons. The van der Waals surface area contributed by atoms with Crippen molar-refractivity contribution in [2.45, 2.75) is 6.54 Å². The summed E-state index contributed by atoms with van der Waals surface area (Å²) in [5, 5.41) is 9.55. The fourth-order valence-corrected chi connectivity index (χ4v) is 2.41. The monoisotopic (exact) mass is 278 g/mol. The smallest absolute Gasteiger partial charge is 0.347 e. The zero-order valence-electron chi connectivity index (χ0n) is 10.7. The number of aromatic nitrogens is 1. The summed E-state index contributed by atoms with van der Waals surface area (Å²) in [6.45, 7) is 0.608. The normalized spacial score (nSPS) is 10.2. The van der Waals surface area contributed by atoms with Gasteiger partial charge in [0, 0.05) is 19.2 Å². The predicted octanol–water partition coefficient (Wildman–Crippen LogP) is 2.49. The molecule has 0 aliphatic rings. The first-order valence-electron chi connectivity index (χ1n) is 5.64. The van der Waals surface area contributed by atoms with Gasteiger partial charge in [-0.25, -0.2) is 9.78 Å². The number of hydrogen-bond acceptors (Lipinski definition) is 5. The van der Waals surface area contributed by atoms with Gasteiger partial charge in [-0.3, -0.25) is 0 Å². The van der Waals surface area contributed by atoms with Crippen molar-refractivity contribution >= 4 is 22.4 Å². The Labute approximate surface area is 115 Å². The second-order valence-corrected chi connectivity index (χ2v) is 4.99. The molecule has 2 aromatic rings. The molecule has 5 nitrogen and oxygen atoms in total. The van der Waals surface area contributed by atoms with E-state index in [0.717, 1.165) is 22.6 Å². The average molecular weight is 278 g/mol. The first kappa shape index (κ1) is 13.4. The largest absolute Gasteiger partial charge is 0.496 e. The van der Waals surface area contributed by atoms with Crippen LogP contribution in [0.1, 0.15) is 15.2 Å². The third-order valence-corrected chi connectivity index (χ3v) is 3.73. The van der Waals surface area contributed by atoms with Crippen molar-refractivity contribution < 1.29 is 14.6 Å². The highest BCUT2D eigenvalue weighted by Crippen LogP contribution is 2.25. The van der Waals surface area contributed by atoms with Crippen molar-refractivity contribution in [2.24, 2.45) is 0 Å². The van der Waals surface area contributed by atoms with Gasteiger partial charge in [0.2, 0.25) is 0 Å². The fraction of sp³-hybridized carbons (Fsp3) is 0.231. The van der Waals surface area contributed by atoms with Crippen LogP contribution in [0.25, 0.3) is 0 Å². The lowest BCUT2D eigenvalue weighted by atomic mass is 10.2. The van der Waals surface area contributed by atoms with E-state index < -0.39 is 5.97 Å². The Hall–Kier alpha value is -2.08. The number of thiazole rings is 1. The number of carboxylic acids is 1. The van der Waals surface area contributed by atoms with Crippen LogP contribution in [0.2, 0.25) is 0 Å². The lowest BCUT2D eigenvalue weighted by Crippen LogP contribution is -2.16. The number of carbonyl (C=O) groups is 1. The molecule has 1 N–H and O–H groups in total. The zero-order valence-corrected chi connectivity index (χ0v) is 11.5. The molecule has 0 bridgehead atoms. The Morgan fingerprint density at radius 2 is 2.21 bits per heavy atom. The molecule has 6 heteroatoms. The van der Waals surface area contributed by atoms with E-state index in [1.165, 1.54) is 6.20 Å². The number of rotatable bonds is 5. The molecule has 1 aromatic heterocycles. The highest BCUT2D eigenvalue weighted by Gasteiger charge is 2.13. The summed E-state index contributed by atoms with van der Waals surface area (Å²) in [5.74, 6) is -0.140. The van der Waals surface area contributed by atoms with Crippen LogP contribution in [0.3, 0.4) is 0 Å². The first-order chi connectivity index (χ1) is 9.11. The van der Waals surface area contributed by atoms with Gasteiger partial charge < -0.3 is 14.7 Å². The van der Waals surface area contributed by atoms with Gasteiger partial charge in [0.05, 0.1) is 13.3 Å². The zero-order chi connectivity index (χ0) is 13.8. The molecule has 0 amide bonds. The lowest BCUT2D eigenvalue weighted by Gasteiger charge is -2.17. The highest BCUT2D eigenvalue weighted by atomic mass is 32.1. The molecule has 0 aliphatic carbocycles. The number of benzene rings is 1. The summed E-state index contributed by atoms with van der Waals surface area (Å²) < 4.78 is 5.29. The number of methoxy groups -OCH3 is 1. The van der Waals surface area contributed by atoms with Gasteiger partial charge in [0.1, 0.15) is 10.6 Å². The highest BCUT2D eigenvalue weighted by molar-refractivity contribution is 7.17. The van der Waals surface area contributed by atoms with E-state index in [4.69, 9.17) is 9.84 Å². The van der Waals surface area contributed by atoms with E-state index in [2.05, 4.69) is 4.98 Å². The summed E-state index contributed by atoms with van der Waals surface area (Å²) in [7, 11) is 3.50. The standard InChI is InChI=1S/C13H14N2O3S/c1-15(13-14-7-11(19-13)12(16)17)8-9-5-3-4-6-10(9)18-2/h3-7H,8H2,1-2H3,(H,16,17). The van der Waals surface area contributed by atoms with E-state index in [1.807, 2.05) is 36.2 Å². The fourth-order valence-electron chi connectivity index (χ4n) is 1.70. The van der Waals surface area contributed by atoms with Gasteiger partial charge in [-0.2, -0.15) is 0 Å².